The molecule has 0 unspecified atom stereocenters. The number of anilines is 2. The summed E-state index contributed by atoms with van der Waals surface area (Å²) in [6.07, 6.45) is 2.02. The summed E-state index contributed by atoms with van der Waals surface area (Å²) in [5, 5.41) is 0. The van der Waals surface area contributed by atoms with Gasteiger partial charge in [0.15, 0.2) is 0 Å². The van der Waals surface area contributed by atoms with Crippen LogP contribution >= 0.6 is 0 Å². The Kier molecular flexibility index (Phi) is 10.5. The number of rotatable bonds is 13. The number of hydrogen-bond acceptors (Lipinski definition) is 6. The lowest BCUT2D eigenvalue weighted by Crippen LogP contribution is -2.13. The van der Waals surface area contributed by atoms with Gasteiger partial charge in [-0.05, 0) is 59.1 Å². The lowest BCUT2D eigenvalue weighted by Gasteiger charge is -2.18. The van der Waals surface area contributed by atoms with Crippen LogP contribution in [0.5, 0.6) is 11.5 Å². The van der Waals surface area contributed by atoms with Crippen LogP contribution in [0.1, 0.15) is 54.4 Å². The van der Waals surface area contributed by atoms with Crippen molar-refractivity contribution >= 4 is 11.4 Å². The number of nitrogen functional groups attached to an aromatic ring is 2. The second-order valence-corrected chi connectivity index (χ2v) is 11.0. The van der Waals surface area contributed by atoms with E-state index >= 15 is 0 Å². The van der Waals surface area contributed by atoms with Crippen molar-refractivity contribution in [2.45, 2.75) is 54.4 Å². The summed E-state index contributed by atoms with van der Waals surface area (Å²) in [5.74, 6) is 1.28. The van der Waals surface area contributed by atoms with E-state index in [1.807, 2.05) is 36.4 Å². The predicted molar refractivity (Wildman–Crippen MR) is 141 cm³/mol. The van der Waals surface area contributed by atoms with Crippen molar-refractivity contribution in [3.8, 4) is 22.6 Å². The molecule has 0 aliphatic heterocycles. The first kappa shape index (κ1) is 27.8. The molecule has 0 aliphatic carbocycles. The Morgan fingerprint density at radius 3 is 1.29 bits per heavy atom. The molecule has 4 N–H and O–H groups in total. The van der Waals surface area contributed by atoms with Gasteiger partial charge in [-0.25, -0.2) is 0 Å². The van der Waals surface area contributed by atoms with Gasteiger partial charge < -0.3 is 30.4 Å². The zero-order chi connectivity index (χ0) is 25.2. The maximum Gasteiger partial charge on any atom is 0.142 e. The summed E-state index contributed by atoms with van der Waals surface area (Å²) in [4.78, 5) is 0. The van der Waals surface area contributed by atoms with Gasteiger partial charge in [-0.1, -0.05) is 53.7 Å². The maximum absolute atomic E-state index is 6.13. The SMILES string of the molecule is CC(C)(C)CCOCCOc1cc(-c2ccc(N)c(OCCOCCC(C)(C)C)c2)ccc1N. The summed E-state index contributed by atoms with van der Waals surface area (Å²) in [7, 11) is 0. The molecule has 0 spiro atoms. The summed E-state index contributed by atoms with van der Waals surface area (Å²) >= 11 is 0. The fraction of sp³-hybridized carbons (Fsp3) is 0.571. The number of hydrogen-bond donors (Lipinski definition) is 2. The zero-order valence-electron chi connectivity index (χ0n) is 21.9. The first-order valence-corrected chi connectivity index (χ1v) is 12.2. The number of benzene rings is 2. The quantitative estimate of drug-likeness (QED) is 0.267. The minimum absolute atomic E-state index is 0.264. The third kappa shape index (κ3) is 10.7. The van der Waals surface area contributed by atoms with Crippen LogP contribution in [0.3, 0.4) is 0 Å². The summed E-state index contributed by atoms with van der Waals surface area (Å²) in [6, 6.07) is 11.5. The van der Waals surface area contributed by atoms with Crippen molar-refractivity contribution in [2.75, 3.05) is 51.1 Å². The van der Waals surface area contributed by atoms with E-state index in [-0.39, 0.29) is 10.8 Å². The molecule has 190 valence electrons. The van der Waals surface area contributed by atoms with Gasteiger partial charge in [-0.2, -0.15) is 0 Å². The normalized spacial score (nSPS) is 12.1. The van der Waals surface area contributed by atoms with Gasteiger partial charge in [-0.15, -0.1) is 0 Å². The second-order valence-electron chi connectivity index (χ2n) is 11.0. The highest BCUT2D eigenvalue weighted by atomic mass is 16.5. The lowest BCUT2D eigenvalue weighted by molar-refractivity contribution is 0.0820. The molecular weight excluding hydrogens is 428 g/mol. The van der Waals surface area contributed by atoms with Crippen LogP contribution in [0.15, 0.2) is 36.4 Å². The van der Waals surface area contributed by atoms with E-state index in [2.05, 4.69) is 41.5 Å². The van der Waals surface area contributed by atoms with E-state index in [4.69, 9.17) is 30.4 Å². The van der Waals surface area contributed by atoms with E-state index < -0.39 is 0 Å². The molecule has 0 aliphatic rings. The fourth-order valence-electron chi connectivity index (χ4n) is 3.06. The van der Waals surface area contributed by atoms with Crippen LogP contribution in [0.4, 0.5) is 11.4 Å². The van der Waals surface area contributed by atoms with Gasteiger partial charge in [0.05, 0.1) is 24.6 Å². The number of nitrogens with two attached hydrogens (primary N) is 2. The first-order chi connectivity index (χ1) is 15.9. The smallest absolute Gasteiger partial charge is 0.142 e. The zero-order valence-corrected chi connectivity index (χ0v) is 21.9. The number of ether oxygens (including phenoxy) is 4. The van der Waals surface area contributed by atoms with Crippen molar-refractivity contribution in [1.82, 2.24) is 0 Å². The Labute approximate surface area is 205 Å². The highest BCUT2D eigenvalue weighted by Crippen LogP contribution is 2.33. The van der Waals surface area contributed by atoms with Gasteiger partial charge in [0.1, 0.15) is 24.7 Å². The molecule has 6 heteroatoms. The van der Waals surface area contributed by atoms with Crippen LogP contribution in [0.25, 0.3) is 11.1 Å². The van der Waals surface area contributed by atoms with Gasteiger partial charge >= 0.3 is 0 Å². The standard InChI is InChI=1S/C28H44N2O4/c1-27(2,3)11-13-31-15-17-33-25-19-21(7-9-23(25)29)22-8-10-24(30)26(20-22)34-18-16-32-14-12-28(4,5)6/h7-10,19-20H,11-18,29-30H2,1-6H3. The molecule has 0 amide bonds. The van der Waals surface area contributed by atoms with E-state index in [1.165, 1.54) is 0 Å². The molecular formula is C28H44N2O4. The van der Waals surface area contributed by atoms with Crippen LogP contribution in [-0.2, 0) is 9.47 Å². The molecule has 2 rings (SSSR count). The molecule has 0 radical (unpaired) electrons. The Morgan fingerprint density at radius 2 is 0.941 bits per heavy atom. The molecule has 34 heavy (non-hydrogen) atoms. The molecule has 0 aromatic heterocycles. The highest BCUT2D eigenvalue weighted by Gasteiger charge is 2.11. The Hall–Kier alpha value is -2.44. The van der Waals surface area contributed by atoms with Gasteiger partial charge in [0, 0.05) is 13.2 Å². The molecule has 0 bridgehead atoms. The third-order valence-electron chi connectivity index (χ3n) is 5.32. The van der Waals surface area contributed by atoms with Gasteiger partial charge in [-0.3, -0.25) is 0 Å². The van der Waals surface area contributed by atoms with E-state index in [0.29, 0.717) is 49.3 Å². The lowest BCUT2D eigenvalue weighted by atomic mass is 9.93. The summed E-state index contributed by atoms with van der Waals surface area (Å²) in [5.41, 5.74) is 15.9. The van der Waals surface area contributed by atoms with Crippen LogP contribution in [0.2, 0.25) is 0 Å². The van der Waals surface area contributed by atoms with Crippen LogP contribution < -0.4 is 20.9 Å². The molecule has 2 aromatic carbocycles. The monoisotopic (exact) mass is 472 g/mol. The van der Waals surface area contributed by atoms with Crippen molar-refractivity contribution in [2.24, 2.45) is 10.8 Å². The molecule has 2 aromatic rings. The Bertz CT molecular complexity index is 811. The largest absolute Gasteiger partial charge is 0.489 e. The first-order valence-electron chi connectivity index (χ1n) is 12.2. The summed E-state index contributed by atoms with van der Waals surface area (Å²) in [6.45, 7) is 16.6. The van der Waals surface area contributed by atoms with Crippen molar-refractivity contribution in [3.63, 3.8) is 0 Å². The predicted octanol–water partition coefficient (Wildman–Crippen LogP) is 6.18. The van der Waals surface area contributed by atoms with Crippen LogP contribution in [0, 0.1) is 10.8 Å². The van der Waals surface area contributed by atoms with Crippen LogP contribution in [-0.4, -0.2) is 39.6 Å². The minimum Gasteiger partial charge on any atom is -0.489 e. The minimum atomic E-state index is 0.264. The molecule has 0 atom stereocenters. The Balaban J connectivity index is 1.90. The third-order valence-corrected chi connectivity index (χ3v) is 5.32. The topological polar surface area (TPSA) is 89.0 Å². The van der Waals surface area contributed by atoms with Crippen molar-refractivity contribution < 1.29 is 18.9 Å². The van der Waals surface area contributed by atoms with Gasteiger partial charge in [0.25, 0.3) is 0 Å². The molecule has 6 nitrogen and oxygen atoms in total. The van der Waals surface area contributed by atoms with Crippen molar-refractivity contribution in [3.05, 3.63) is 36.4 Å². The maximum atomic E-state index is 6.13. The highest BCUT2D eigenvalue weighted by molar-refractivity contribution is 5.73. The van der Waals surface area contributed by atoms with E-state index in [9.17, 15) is 0 Å². The molecule has 0 fully saturated rings. The van der Waals surface area contributed by atoms with Crippen molar-refractivity contribution in [1.29, 1.82) is 0 Å². The Morgan fingerprint density at radius 1 is 0.559 bits per heavy atom. The molecule has 0 saturated heterocycles. The second kappa shape index (κ2) is 12.9. The molecule has 0 saturated carbocycles. The van der Waals surface area contributed by atoms with E-state index in [1.54, 1.807) is 0 Å². The summed E-state index contributed by atoms with van der Waals surface area (Å²) < 4.78 is 23.2. The van der Waals surface area contributed by atoms with E-state index in [0.717, 1.165) is 37.2 Å². The average molecular weight is 473 g/mol. The molecule has 0 heterocycles. The van der Waals surface area contributed by atoms with Gasteiger partial charge in [0.2, 0.25) is 0 Å². The fourth-order valence-corrected chi connectivity index (χ4v) is 3.06. The average Bonchev–Trinajstić information content (AvgIpc) is 2.74.